The SMILES string of the molecule is OCCc1ccc2ccccc2c1.OCCc1cccc2ccccc12. The van der Waals surface area contributed by atoms with Crippen molar-refractivity contribution in [3.05, 3.63) is 96.1 Å². The van der Waals surface area contributed by atoms with Crippen molar-refractivity contribution in [1.29, 1.82) is 0 Å². The Balaban J connectivity index is 0.000000151. The molecular weight excluding hydrogens is 320 g/mol. The summed E-state index contributed by atoms with van der Waals surface area (Å²) in [7, 11) is 0. The van der Waals surface area contributed by atoms with Crippen LogP contribution in [0.1, 0.15) is 11.1 Å². The second kappa shape index (κ2) is 9.14. The van der Waals surface area contributed by atoms with E-state index in [4.69, 9.17) is 10.2 Å². The van der Waals surface area contributed by atoms with Gasteiger partial charge in [-0.2, -0.15) is 0 Å². The maximum atomic E-state index is 8.88. The standard InChI is InChI=1S/2C12H12O/c13-9-8-11-6-3-5-10-4-1-2-7-12(10)11;13-8-7-10-5-6-11-3-1-2-4-12(11)9-10/h1-7,13H,8-9H2;1-6,9,13H,7-8H2. The Morgan fingerprint density at radius 2 is 1.19 bits per heavy atom. The van der Waals surface area contributed by atoms with Crippen molar-refractivity contribution < 1.29 is 10.2 Å². The third-order valence-electron chi connectivity index (χ3n) is 4.48. The van der Waals surface area contributed by atoms with Crippen molar-refractivity contribution in [2.24, 2.45) is 0 Å². The van der Waals surface area contributed by atoms with E-state index in [0.29, 0.717) is 0 Å². The van der Waals surface area contributed by atoms with Gasteiger partial charge in [-0.1, -0.05) is 84.9 Å². The predicted molar refractivity (Wildman–Crippen MR) is 109 cm³/mol. The highest BCUT2D eigenvalue weighted by atomic mass is 16.3. The number of aliphatic hydroxyl groups is 2. The van der Waals surface area contributed by atoms with Crippen molar-refractivity contribution in [3.8, 4) is 0 Å². The van der Waals surface area contributed by atoms with E-state index < -0.39 is 0 Å². The predicted octanol–water partition coefficient (Wildman–Crippen LogP) is 4.75. The van der Waals surface area contributed by atoms with Crippen LogP contribution in [0.15, 0.2) is 84.9 Å². The van der Waals surface area contributed by atoms with Crippen molar-refractivity contribution >= 4 is 21.5 Å². The van der Waals surface area contributed by atoms with E-state index in [1.54, 1.807) is 0 Å². The van der Waals surface area contributed by atoms with Gasteiger partial charge in [-0.25, -0.2) is 0 Å². The molecule has 2 heteroatoms. The van der Waals surface area contributed by atoms with Crippen LogP contribution in [0.3, 0.4) is 0 Å². The first-order valence-electron chi connectivity index (χ1n) is 8.98. The molecule has 0 unspecified atom stereocenters. The zero-order valence-electron chi connectivity index (χ0n) is 14.8. The van der Waals surface area contributed by atoms with Gasteiger partial charge in [-0.3, -0.25) is 0 Å². The summed E-state index contributed by atoms with van der Waals surface area (Å²) in [5.74, 6) is 0. The summed E-state index contributed by atoms with van der Waals surface area (Å²) in [6, 6.07) is 29.0. The molecule has 0 aromatic heterocycles. The first-order valence-corrected chi connectivity index (χ1v) is 8.98. The van der Waals surface area contributed by atoms with Crippen LogP contribution in [-0.4, -0.2) is 23.4 Å². The summed E-state index contributed by atoms with van der Waals surface area (Å²) in [5, 5.41) is 22.7. The molecule has 2 nitrogen and oxygen atoms in total. The summed E-state index contributed by atoms with van der Waals surface area (Å²) in [6.45, 7) is 0.437. The van der Waals surface area contributed by atoms with E-state index >= 15 is 0 Å². The highest BCUT2D eigenvalue weighted by molar-refractivity contribution is 5.85. The molecule has 0 aliphatic heterocycles. The van der Waals surface area contributed by atoms with Gasteiger partial charge in [0.05, 0.1) is 0 Å². The number of hydrogen-bond acceptors (Lipinski definition) is 2. The molecule has 26 heavy (non-hydrogen) atoms. The highest BCUT2D eigenvalue weighted by Crippen LogP contribution is 2.18. The quantitative estimate of drug-likeness (QED) is 0.561. The monoisotopic (exact) mass is 344 g/mol. The molecule has 4 rings (SSSR count). The van der Waals surface area contributed by atoms with Crippen molar-refractivity contribution in [2.45, 2.75) is 12.8 Å². The fourth-order valence-electron chi connectivity index (χ4n) is 3.15. The van der Waals surface area contributed by atoms with Crippen molar-refractivity contribution in [2.75, 3.05) is 13.2 Å². The number of rotatable bonds is 4. The third kappa shape index (κ3) is 4.48. The van der Waals surface area contributed by atoms with Crippen molar-refractivity contribution in [3.63, 3.8) is 0 Å². The minimum atomic E-state index is 0.216. The highest BCUT2D eigenvalue weighted by Gasteiger charge is 1.98. The normalized spacial score (nSPS) is 10.5. The van der Waals surface area contributed by atoms with Gasteiger partial charge in [0, 0.05) is 13.2 Å². The molecule has 0 radical (unpaired) electrons. The molecule has 0 aliphatic carbocycles. The summed E-state index contributed by atoms with van der Waals surface area (Å²) in [4.78, 5) is 0. The molecule has 4 aromatic rings. The van der Waals surface area contributed by atoms with Gasteiger partial charge in [0.2, 0.25) is 0 Å². The van der Waals surface area contributed by atoms with Crippen LogP contribution in [0.4, 0.5) is 0 Å². The Bertz CT molecular complexity index is 964. The van der Waals surface area contributed by atoms with Crippen LogP contribution in [0.25, 0.3) is 21.5 Å². The van der Waals surface area contributed by atoms with E-state index in [0.717, 1.165) is 12.8 Å². The van der Waals surface area contributed by atoms with E-state index in [9.17, 15) is 0 Å². The molecule has 0 heterocycles. The van der Waals surface area contributed by atoms with E-state index in [2.05, 4.69) is 54.6 Å². The molecule has 0 bridgehead atoms. The summed E-state index contributed by atoms with van der Waals surface area (Å²) in [5.41, 5.74) is 2.42. The summed E-state index contributed by atoms with van der Waals surface area (Å²) in [6.07, 6.45) is 1.48. The summed E-state index contributed by atoms with van der Waals surface area (Å²) < 4.78 is 0. The zero-order valence-corrected chi connectivity index (χ0v) is 14.8. The molecule has 0 amide bonds. The molecular formula is C24H24O2. The van der Waals surface area contributed by atoms with Crippen molar-refractivity contribution in [1.82, 2.24) is 0 Å². The molecule has 0 spiro atoms. The number of fused-ring (bicyclic) bond motifs is 2. The first kappa shape index (κ1) is 18.1. The van der Waals surface area contributed by atoms with Crippen LogP contribution >= 0.6 is 0 Å². The largest absolute Gasteiger partial charge is 0.396 e. The second-order valence-corrected chi connectivity index (χ2v) is 6.27. The smallest absolute Gasteiger partial charge is 0.0471 e. The van der Waals surface area contributed by atoms with Crippen LogP contribution in [0, 0.1) is 0 Å². The lowest BCUT2D eigenvalue weighted by molar-refractivity contribution is 0.299. The summed E-state index contributed by atoms with van der Waals surface area (Å²) >= 11 is 0. The lowest BCUT2D eigenvalue weighted by Gasteiger charge is -2.03. The van der Waals surface area contributed by atoms with E-state index in [1.165, 1.54) is 32.7 Å². The minimum absolute atomic E-state index is 0.216. The fourth-order valence-corrected chi connectivity index (χ4v) is 3.15. The fraction of sp³-hybridized carbons (Fsp3) is 0.167. The maximum absolute atomic E-state index is 8.88. The van der Waals surface area contributed by atoms with Gasteiger partial charge >= 0.3 is 0 Å². The Morgan fingerprint density at radius 1 is 0.538 bits per heavy atom. The van der Waals surface area contributed by atoms with Gasteiger partial charge in [0.15, 0.2) is 0 Å². The first-order chi connectivity index (χ1) is 12.8. The van der Waals surface area contributed by atoms with E-state index in [-0.39, 0.29) is 13.2 Å². The molecule has 0 saturated heterocycles. The minimum Gasteiger partial charge on any atom is -0.396 e. The Morgan fingerprint density at radius 3 is 1.96 bits per heavy atom. The maximum Gasteiger partial charge on any atom is 0.0471 e. The molecule has 0 fully saturated rings. The third-order valence-corrected chi connectivity index (χ3v) is 4.48. The second-order valence-electron chi connectivity index (χ2n) is 6.27. The van der Waals surface area contributed by atoms with Gasteiger partial charge in [0.1, 0.15) is 0 Å². The van der Waals surface area contributed by atoms with Crippen LogP contribution in [0.2, 0.25) is 0 Å². The lowest BCUT2D eigenvalue weighted by Crippen LogP contribution is -1.91. The topological polar surface area (TPSA) is 40.5 Å². The Labute approximate surface area is 154 Å². The molecule has 0 aliphatic rings. The molecule has 2 N–H and O–H groups in total. The molecule has 132 valence electrons. The molecule has 0 atom stereocenters. The van der Waals surface area contributed by atoms with E-state index in [1.807, 2.05) is 30.3 Å². The van der Waals surface area contributed by atoms with Crippen LogP contribution in [-0.2, 0) is 12.8 Å². The van der Waals surface area contributed by atoms with Crippen LogP contribution < -0.4 is 0 Å². The average molecular weight is 344 g/mol. The van der Waals surface area contributed by atoms with Gasteiger partial charge in [0.25, 0.3) is 0 Å². The Hall–Kier alpha value is -2.68. The van der Waals surface area contributed by atoms with Crippen LogP contribution in [0.5, 0.6) is 0 Å². The molecule has 4 aromatic carbocycles. The number of aliphatic hydroxyl groups excluding tert-OH is 2. The zero-order chi connectivity index (χ0) is 18.2. The van der Waals surface area contributed by atoms with Gasteiger partial charge in [-0.05, 0) is 45.5 Å². The molecule has 0 saturated carbocycles. The number of hydrogen-bond donors (Lipinski definition) is 2. The Kier molecular flexibility index (Phi) is 6.37. The lowest BCUT2D eigenvalue weighted by atomic mass is 10.0. The average Bonchev–Trinajstić information content (AvgIpc) is 2.69. The van der Waals surface area contributed by atoms with Gasteiger partial charge in [-0.15, -0.1) is 0 Å². The number of benzene rings is 4. The van der Waals surface area contributed by atoms with Gasteiger partial charge < -0.3 is 10.2 Å².